The van der Waals surface area contributed by atoms with Gasteiger partial charge in [-0.25, -0.2) is 0 Å². The maximum absolute atomic E-state index is 12.4. The van der Waals surface area contributed by atoms with Gasteiger partial charge in [-0.05, 0) is 73.0 Å². The predicted octanol–water partition coefficient (Wildman–Crippen LogP) is 4.56. The topological polar surface area (TPSA) is 50.4 Å². The monoisotopic (exact) mass is 412 g/mol. The van der Waals surface area contributed by atoms with Crippen molar-refractivity contribution < 1.29 is 9.53 Å². The summed E-state index contributed by atoms with van der Waals surface area (Å²) < 4.78 is 6.41. The fourth-order valence-corrected chi connectivity index (χ4v) is 3.54. The molecule has 0 bridgehead atoms. The molecule has 0 atom stereocenters. The molecule has 4 nitrogen and oxygen atoms in total. The summed E-state index contributed by atoms with van der Waals surface area (Å²) >= 11 is 8.74. The van der Waals surface area contributed by atoms with Crippen LogP contribution in [0.2, 0.25) is 0 Å². The van der Waals surface area contributed by atoms with Gasteiger partial charge < -0.3 is 10.1 Å². The van der Waals surface area contributed by atoms with Crippen molar-refractivity contribution in [3.05, 3.63) is 28.2 Å². The molecule has 24 heavy (non-hydrogen) atoms. The summed E-state index contributed by atoms with van der Waals surface area (Å²) in [7, 11) is 0. The summed E-state index contributed by atoms with van der Waals surface area (Å²) in [6, 6.07) is 5.66. The number of hydrogen-bond donors (Lipinski definition) is 2. The minimum absolute atomic E-state index is 0.0809. The fourth-order valence-electron chi connectivity index (χ4n) is 2.81. The number of halogens is 1. The van der Waals surface area contributed by atoms with Crippen LogP contribution in [0, 0.1) is 0 Å². The van der Waals surface area contributed by atoms with Crippen LogP contribution in [0.1, 0.15) is 62.7 Å². The molecule has 0 aliphatic heterocycles. The summed E-state index contributed by atoms with van der Waals surface area (Å²) in [5.74, 6) is 0.513. The minimum Gasteiger partial charge on any atom is -0.490 e. The number of thiocarbonyl (C=S) groups is 1. The first-order valence-electron chi connectivity index (χ1n) is 8.53. The summed E-state index contributed by atoms with van der Waals surface area (Å²) in [6.07, 6.45) is 7.33. The summed E-state index contributed by atoms with van der Waals surface area (Å²) in [6.45, 7) is 3.93. The lowest BCUT2D eigenvalue weighted by Gasteiger charge is -2.18. The Morgan fingerprint density at radius 3 is 2.50 bits per heavy atom. The molecular formula is C18H25BrN2O2S. The highest BCUT2D eigenvalue weighted by molar-refractivity contribution is 9.10. The van der Waals surface area contributed by atoms with Crippen LogP contribution in [0.4, 0.5) is 0 Å². The predicted molar refractivity (Wildman–Crippen MR) is 105 cm³/mol. The molecule has 0 saturated heterocycles. The molecule has 1 amide bonds. The van der Waals surface area contributed by atoms with Gasteiger partial charge in [-0.1, -0.05) is 25.7 Å². The molecule has 2 N–H and O–H groups in total. The van der Waals surface area contributed by atoms with Gasteiger partial charge in [0.2, 0.25) is 0 Å². The van der Waals surface area contributed by atoms with Crippen LogP contribution in [0.5, 0.6) is 5.75 Å². The molecule has 0 radical (unpaired) electrons. The maximum atomic E-state index is 12.4. The molecule has 0 unspecified atom stereocenters. The van der Waals surface area contributed by atoms with Gasteiger partial charge in [-0.15, -0.1) is 0 Å². The Hall–Kier alpha value is -1.14. The van der Waals surface area contributed by atoms with Crippen LogP contribution in [-0.2, 0) is 0 Å². The van der Waals surface area contributed by atoms with E-state index >= 15 is 0 Å². The Kier molecular flexibility index (Phi) is 7.49. The molecule has 1 aliphatic carbocycles. The van der Waals surface area contributed by atoms with Crippen LogP contribution < -0.4 is 15.4 Å². The van der Waals surface area contributed by atoms with Crippen molar-refractivity contribution in [2.75, 3.05) is 0 Å². The second kappa shape index (κ2) is 9.37. The zero-order chi connectivity index (χ0) is 17.5. The number of rotatable bonds is 4. The van der Waals surface area contributed by atoms with Gasteiger partial charge in [0.15, 0.2) is 5.11 Å². The van der Waals surface area contributed by atoms with E-state index in [0.717, 1.165) is 23.1 Å². The van der Waals surface area contributed by atoms with Crippen molar-refractivity contribution in [3.8, 4) is 5.75 Å². The number of nitrogens with one attached hydrogen (secondary N) is 2. The van der Waals surface area contributed by atoms with Gasteiger partial charge in [0, 0.05) is 11.6 Å². The Bertz CT molecular complexity index is 584. The van der Waals surface area contributed by atoms with Gasteiger partial charge in [-0.3, -0.25) is 10.1 Å². The molecule has 2 rings (SSSR count). The van der Waals surface area contributed by atoms with E-state index in [1.807, 2.05) is 13.8 Å². The Balaban J connectivity index is 1.91. The van der Waals surface area contributed by atoms with E-state index in [1.54, 1.807) is 18.2 Å². The van der Waals surface area contributed by atoms with E-state index in [0.29, 0.717) is 16.7 Å². The van der Waals surface area contributed by atoms with Crippen molar-refractivity contribution in [2.24, 2.45) is 0 Å². The van der Waals surface area contributed by atoms with Gasteiger partial charge >= 0.3 is 0 Å². The number of carbonyl (C=O) groups is 1. The SMILES string of the molecule is CC(C)Oc1ccc(C(=O)NC(=S)NC2CCCCCC2)cc1Br. The minimum atomic E-state index is -0.210. The van der Waals surface area contributed by atoms with Gasteiger partial charge in [0.1, 0.15) is 5.75 Å². The molecule has 132 valence electrons. The Morgan fingerprint density at radius 2 is 1.92 bits per heavy atom. The van der Waals surface area contributed by atoms with Crippen molar-refractivity contribution in [1.29, 1.82) is 0 Å². The number of amides is 1. The van der Waals surface area contributed by atoms with Crippen molar-refractivity contribution in [3.63, 3.8) is 0 Å². The van der Waals surface area contributed by atoms with Gasteiger partial charge in [0.05, 0.1) is 10.6 Å². The van der Waals surface area contributed by atoms with E-state index in [-0.39, 0.29) is 12.0 Å². The highest BCUT2D eigenvalue weighted by atomic mass is 79.9. The Morgan fingerprint density at radius 1 is 1.25 bits per heavy atom. The standard InChI is InChI=1S/C18H25BrN2O2S/c1-12(2)23-16-10-9-13(11-15(16)19)17(22)21-18(24)20-14-7-5-3-4-6-8-14/h9-12,14H,3-8H2,1-2H3,(H2,20,21,22,24). The van der Waals surface area contributed by atoms with Crippen molar-refractivity contribution in [1.82, 2.24) is 10.6 Å². The van der Waals surface area contributed by atoms with E-state index in [4.69, 9.17) is 17.0 Å². The number of carbonyl (C=O) groups excluding carboxylic acids is 1. The zero-order valence-electron chi connectivity index (χ0n) is 14.2. The van der Waals surface area contributed by atoms with E-state index in [9.17, 15) is 4.79 Å². The third kappa shape index (κ3) is 6.06. The highest BCUT2D eigenvalue weighted by Crippen LogP contribution is 2.27. The van der Waals surface area contributed by atoms with Crippen LogP contribution in [0.25, 0.3) is 0 Å². The first-order chi connectivity index (χ1) is 11.5. The number of benzene rings is 1. The molecule has 1 fully saturated rings. The third-order valence-corrected chi connectivity index (χ3v) is 4.81. The lowest BCUT2D eigenvalue weighted by Crippen LogP contribution is -2.44. The Labute approximate surface area is 157 Å². The van der Waals surface area contributed by atoms with E-state index in [1.165, 1.54) is 25.7 Å². The number of ether oxygens (including phenoxy) is 1. The average molecular weight is 413 g/mol. The summed E-state index contributed by atoms with van der Waals surface area (Å²) in [5.41, 5.74) is 0.544. The quantitative estimate of drug-likeness (QED) is 0.561. The second-order valence-electron chi connectivity index (χ2n) is 6.43. The zero-order valence-corrected chi connectivity index (χ0v) is 16.6. The van der Waals surface area contributed by atoms with E-state index < -0.39 is 0 Å². The lowest BCUT2D eigenvalue weighted by molar-refractivity contribution is 0.0976. The second-order valence-corrected chi connectivity index (χ2v) is 7.69. The summed E-state index contributed by atoms with van der Waals surface area (Å²) in [5, 5.41) is 6.45. The smallest absolute Gasteiger partial charge is 0.257 e. The van der Waals surface area contributed by atoms with E-state index in [2.05, 4.69) is 26.6 Å². The molecule has 6 heteroatoms. The molecule has 1 aromatic carbocycles. The molecule has 0 spiro atoms. The van der Waals surface area contributed by atoms with Gasteiger partial charge in [-0.2, -0.15) is 0 Å². The normalized spacial score (nSPS) is 15.7. The fraction of sp³-hybridized carbons (Fsp3) is 0.556. The molecular weight excluding hydrogens is 388 g/mol. The third-order valence-electron chi connectivity index (χ3n) is 3.97. The van der Waals surface area contributed by atoms with Crippen molar-refractivity contribution >= 4 is 39.2 Å². The largest absolute Gasteiger partial charge is 0.490 e. The summed E-state index contributed by atoms with van der Waals surface area (Å²) in [4.78, 5) is 12.4. The molecule has 1 aromatic rings. The van der Waals surface area contributed by atoms with Crippen LogP contribution in [0.15, 0.2) is 22.7 Å². The molecule has 0 aromatic heterocycles. The van der Waals surface area contributed by atoms with Gasteiger partial charge in [0.25, 0.3) is 5.91 Å². The first kappa shape index (κ1) is 19.2. The van der Waals surface area contributed by atoms with Crippen molar-refractivity contribution in [2.45, 2.75) is 64.5 Å². The molecule has 1 aliphatic rings. The first-order valence-corrected chi connectivity index (χ1v) is 9.74. The highest BCUT2D eigenvalue weighted by Gasteiger charge is 2.15. The lowest BCUT2D eigenvalue weighted by atomic mass is 10.1. The number of hydrogen-bond acceptors (Lipinski definition) is 3. The maximum Gasteiger partial charge on any atom is 0.257 e. The van der Waals surface area contributed by atoms with Crippen LogP contribution in [-0.4, -0.2) is 23.2 Å². The van der Waals surface area contributed by atoms with Crippen LogP contribution in [0.3, 0.4) is 0 Å². The van der Waals surface area contributed by atoms with Crippen LogP contribution >= 0.6 is 28.1 Å². The molecule has 0 heterocycles. The molecule has 1 saturated carbocycles. The average Bonchev–Trinajstić information content (AvgIpc) is 2.77.